The summed E-state index contributed by atoms with van der Waals surface area (Å²) in [4.78, 5) is 2.36. The Morgan fingerprint density at radius 1 is 0.958 bits per heavy atom. The lowest BCUT2D eigenvalue weighted by molar-refractivity contribution is -0.862. The molecule has 0 bridgehead atoms. The van der Waals surface area contributed by atoms with Gasteiger partial charge in [0.2, 0.25) is 0 Å². The van der Waals surface area contributed by atoms with E-state index in [0.717, 1.165) is 74.3 Å². The molecule has 5 N–H and O–H groups in total. The maximum Gasteiger partial charge on any atom is 0.110 e. The molecule has 0 aromatic heterocycles. The summed E-state index contributed by atoms with van der Waals surface area (Å²) >= 11 is 0. The van der Waals surface area contributed by atoms with E-state index < -0.39 is 15.6 Å². The van der Waals surface area contributed by atoms with Crippen LogP contribution in [0.2, 0.25) is 0 Å². The molecule has 0 spiro atoms. The summed E-state index contributed by atoms with van der Waals surface area (Å²) in [5.41, 5.74) is 5.56. The Bertz CT molecular complexity index is 1510. The van der Waals surface area contributed by atoms with E-state index in [-0.39, 0.29) is 11.3 Å². The molecule has 0 amide bonds. The molecule has 0 saturated carbocycles. The normalized spacial score (nSPS) is 23.9. The Morgan fingerprint density at radius 3 is 2.31 bits per heavy atom. The van der Waals surface area contributed by atoms with Crippen molar-refractivity contribution in [1.82, 2.24) is 5.32 Å². The Balaban J connectivity index is 0.000000217. The fourth-order valence-corrected chi connectivity index (χ4v) is 9.75. The number of fused-ring (bicyclic) bond motifs is 1. The highest BCUT2D eigenvalue weighted by molar-refractivity contribution is 8.00. The quantitative estimate of drug-likeness (QED) is 0.132. The van der Waals surface area contributed by atoms with Crippen molar-refractivity contribution in [3.8, 4) is 0 Å². The van der Waals surface area contributed by atoms with Gasteiger partial charge < -0.3 is 26.0 Å². The van der Waals surface area contributed by atoms with Crippen LogP contribution in [0.4, 0.5) is 11.4 Å². The third-order valence-corrected chi connectivity index (χ3v) is 12.3. The summed E-state index contributed by atoms with van der Waals surface area (Å²) in [6, 6.07) is 25.3. The minimum Gasteiger partial charge on any atom is -0.392 e. The summed E-state index contributed by atoms with van der Waals surface area (Å²) in [7, 11) is -0.543. The third-order valence-electron chi connectivity index (χ3n) is 10.1. The van der Waals surface area contributed by atoms with E-state index in [1.165, 1.54) is 41.1 Å². The van der Waals surface area contributed by atoms with Crippen molar-refractivity contribution in [1.29, 1.82) is 0 Å². The zero-order valence-electron chi connectivity index (χ0n) is 29.9. The number of hydrogen-bond donors (Lipinski definition) is 5. The summed E-state index contributed by atoms with van der Waals surface area (Å²) < 4.78 is 13.6. The number of nitrogens with one attached hydrogen (secondary N) is 4. The number of rotatable bonds is 12. The molecule has 5 rings (SSSR count). The average molecular weight is 674 g/mol. The Labute approximate surface area is 291 Å². The molecule has 2 unspecified atom stereocenters. The number of hydrogen-bond acceptors (Lipinski definition) is 5. The minimum absolute atomic E-state index is 0.0397. The second-order valence-corrected chi connectivity index (χ2v) is 16.2. The van der Waals surface area contributed by atoms with Crippen molar-refractivity contribution in [3.63, 3.8) is 0 Å². The van der Waals surface area contributed by atoms with Crippen molar-refractivity contribution in [2.75, 3.05) is 36.5 Å². The van der Waals surface area contributed by atoms with Gasteiger partial charge >= 0.3 is 0 Å². The molecule has 2 aliphatic heterocycles. The monoisotopic (exact) mass is 673 g/mol. The van der Waals surface area contributed by atoms with Crippen LogP contribution in [0.1, 0.15) is 94.7 Å². The van der Waals surface area contributed by atoms with Crippen LogP contribution >= 0.6 is 0 Å². The van der Waals surface area contributed by atoms with E-state index in [1.807, 2.05) is 31.3 Å². The van der Waals surface area contributed by atoms with Crippen LogP contribution in [-0.2, 0) is 22.6 Å². The van der Waals surface area contributed by atoms with Gasteiger partial charge in [0.1, 0.15) is 12.7 Å². The second-order valence-electron chi connectivity index (χ2n) is 13.9. The van der Waals surface area contributed by atoms with Crippen LogP contribution in [0.3, 0.4) is 0 Å². The van der Waals surface area contributed by atoms with Gasteiger partial charge in [0, 0.05) is 59.1 Å². The van der Waals surface area contributed by atoms with Crippen molar-refractivity contribution < 1.29 is 14.2 Å². The van der Waals surface area contributed by atoms with E-state index in [2.05, 4.69) is 104 Å². The fraction of sp³-hybridized carbons (Fsp3) is 0.488. The molecular weight excluding hydrogens is 613 g/mol. The average Bonchev–Trinajstić information content (AvgIpc) is 3.15. The van der Waals surface area contributed by atoms with Gasteiger partial charge in [-0.25, -0.2) is 0 Å². The Kier molecular flexibility index (Phi) is 14.5. The topological polar surface area (TPSA) is 77.8 Å². The van der Waals surface area contributed by atoms with E-state index in [9.17, 15) is 9.32 Å². The molecule has 7 heteroatoms. The number of benzene rings is 3. The number of anilines is 2. The molecule has 3 aromatic carbocycles. The van der Waals surface area contributed by atoms with Crippen LogP contribution in [-0.4, -0.2) is 47.2 Å². The van der Waals surface area contributed by atoms with E-state index in [0.29, 0.717) is 5.75 Å². The Morgan fingerprint density at radius 2 is 1.65 bits per heavy atom. The van der Waals surface area contributed by atoms with Gasteiger partial charge in [-0.15, -0.1) is 0 Å². The fourth-order valence-electron chi connectivity index (χ4n) is 7.22. The second kappa shape index (κ2) is 18.5. The van der Waals surface area contributed by atoms with Crippen LogP contribution < -0.4 is 20.9 Å². The third kappa shape index (κ3) is 10.4. The SMILES string of the molecule is C1=C\[NH+](Cc2ccc(CNc3ccccc3)cc2)CCCCN/1.C=S1(=O)CC(CCCC)(CCCC)[C@H](O)[C@H](C)c2cc(NC)ccc21. The lowest BCUT2D eigenvalue weighted by atomic mass is 9.70. The van der Waals surface area contributed by atoms with Gasteiger partial charge in [-0.2, -0.15) is 0 Å². The van der Waals surface area contributed by atoms with E-state index >= 15 is 0 Å². The molecule has 0 fully saturated rings. The van der Waals surface area contributed by atoms with Crippen LogP contribution in [0.5, 0.6) is 0 Å². The predicted molar refractivity (Wildman–Crippen MR) is 206 cm³/mol. The number of aliphatic hydroxyl groups excluding tert-OH is 1. The molecule has 0 radical (unpaired) electrons. The first-order valence-electron chi connectivity index (χ1n) is 18.2. The van der Waals surface area contributed by atoms with E-state index in [1.54, 1.807) is 0 Å². The molecule has 0 aliphatic carbocycles. The van der Waals surface area contributed by atoms with Crippen molar-refractivity contribution in [2.45, 2.75) is 102 Å². The van der Waals surface area contributed by atoms with Crippen molar-refractivity contribution in [2.24, 2.45) is 5.41 Å². The van der Waals surface area contributed by atoms with Crippen LogP contribution in [0.15, 0.2) is 90.1 Å². The number of unbranched alkanes of at least 4 members (excludes halogenated alkanes) is 2. The molecule has 0 saturated heterocycles. The molecule has 2 heterocycles. The van der Waals surface area contributed by atoms with Gasteiger partial charge in [0.05, 0.1) is 18.8 Å². The number of quaternary nitrogens is 1. The zero-order valence-corrected chi connectivity index (χ0v) is 30.7. The van der Waals surface area contributed by atoms with E-state index in [4.69, 9.17) is 0 Å². The summed E-state index contributed by atoms with van der Waals surface area (Å²) in [6.07, 6.45) is 12.6. The molecule has 4 atom stereocenters. The Hall–Kier alpha value is -3.26. The van der Waals surface area contributed by atoms with Gasteiger partial charge in [-0.1, -0.05) is 88.9 Å². The molecule has 3 aromatic rings. The first-order chi connectivity index (χ1) is 23.2. The smallest absolute Gasteiger partial charge is 0.110 e. The van der Waals surface area contributed by atoms with Crippen molar-refractivity contribution >= 4 is 26.8 Å². The number of aliphatic hydroxyl groups is 1. The highest BCUT2D eigenvalue weighted by atomic mass is 32.2. The summed E-state index contributed by atoms with van der Waals surface area (Å²) in [5.74, 6) is 4.62. The minimum atomic E-state index is -2.43. The molecule has 48 heavy (non-hydrogen) atoms. The first kappa shape index (κ1) is 37.6. The predicted octanol–water partition coefficient (Wildman–Crippen LogP) is 7.19. The van der Waals surface area contributed by atoms with Crippen molar-refractivity contribution in [3.05, 3.63) is 102 Å². The zero-order chi connectivity index (χ0) is 34.4. The summed E-state index contributed by atoms with van der Waals surface area (Å²) in [5, 5.41) is 21.3. The highest BCUT2D eigenvalue weighted by Crippen LogP contribution is 2.47. The van der Waals surface area contributed by atoms with Gasteiger partial charge in [-0.05, 0) is 82.5 Å². The number of para-hydroxylation sites is 1. The first-order valence-corrected chi connectivity index (χ1v) is 20.1. The van der Waals surface area contributed by atoms with Gasteiger partial charge in [0.25, 0.3) is 0 Å². The molecule has 6 nitrogen and oxygen atoms in total. The summed E-state index contributed by atoms with van der Waals surface area (Å²) in [6.45, 7) is 10.7. The maximum atomic E-state index is 13.6. The van der Waals surface area contributed by atoms with Crippen LogP contribution in [0, 0.1) is 5.41 Å². The lowest BCUT2D eigenvalue weighted by Gasteiger charge is -2.40. The van der Waals surface area contributed by atoms with Gasteiger partial charge in [0.15, 0.2) is 0 Å². The molecular formula is C41H61N4O2S+. The standard InChI is InChI=1S/C21H35NO2S.C20H25N3/c1-6-8-12-21(13-9-7-2)15-25(5,24)19-11-10-17(22-4)14-18(19)16(3)20(21)23;1-2-6-20(7-3-1)22-16-18-8-10-19(11-9-18)17-23-14-5-4-12-21-13-15-23/h10-11,14,16,20,22-23H,5-9,12-13,15H2,1-4H3;1-3,6-11,13,15,21-22H,4-5,12,14,16-17H2/p+1/b;15-13-/t16-,20-,25?;/m1./s1. The maximum absolute atomic E-state index is 13.6. The molecule has 262 valence electrons. The lowest BCUT2D eigenvalue weighted by Crippen LogP contribution is -3.06. The largest absolute Gasteiger partial charge is 0.392 e. The van der Waals surface area contributed by atoms with Crippen LogP contribution in [0.25, 0.3) is 0 Å². The van der Waals surface area contributed by atoms with Gasteiger partial charge in [-0.3, -0.25) is 4.21 Å². The molecule has 2 aliphatic rings. The highest BCUT2D eigenvalue weighted by Gasteiger charge is 2.45.